The van der Waals surface area contributed by atoms with Gasteiger partial charge in [0.15, 0.2) is 11.5 Å². The highest BCUT2D eigenvalue weighted by Crippen LogP contribution is 2.39. The monoisotopic (exact) mass is 338 g/mol. The van der Waals surface area contributed by atoms with Crippen LogP contribution in [0, 0.1) is 6.92 Å². The van der Waals surface area contributed by atoms with Crippen LogP contribution in [-0.4, -0.2) is 29.7 Å². The molecule has 23 heavy (non-hydrogen) atoms. The second-order valence-corrected chi connectivity index (χ2v) is 6.26. The summed E-state index contributed by atoms with van der Waals surface area (Å²) in [6.07, 6.45) is 0. The van der Waals surface area contributed by atoms with Crippen LogP contribution < -0.4 is 18.4 Å². The van der Waals surface area contributed by atoms with Crippen molar-refractivity contribution in [1.29, 1.82) is 0 Å². The lowest BCUT2D eigenvalue weighted by Crippen LogP contribution is -2.10. The van der Waals surface area contributed by atoms with Gasteiger partial charge in [-0.3, -0.25) is 0 Å². The predicted molar refractivity (Wildman–Crippen MR) is 85.1 cm³/mol. The van der Waals surface area contributed by atoms with Crippen molar-refractivity contribution in [2.24, 2.45) is 0 Å². The molecule has 0 unspecified atom stereocenters. The van der Waals surface area contributed by atoms with Crippen molar-refractivity contribution in [2.45, 2.75) is 11.8 Å². The van der Waals surface area contributed by atoms with Gasteiger partial charge in [-0.05, 0) is 19.1 Å². The third-order valence-electron chi connectivity index (χ3n) is 3.15. The summed E-state index contributed by atoms with van der Waals surface area (Å²) < 4.78 is 45.5. The van der Waals surface area contributed by atoms with Gasteiger partial charge < -0.3 is 18.4 Å². The summed E-state index contributed by atoms with van der Waals surface area (Å²) in [7, 11) is 0.232. The first-order valence-electron chi connectivity index (χ1n) is 6.72. The summed E-state index contributed by atoms with van der Waals surface area (Å²) in [4.78, 5) is -0.0902. The van der Waals surface area contributed by atoms with E-state index in [1.165, 1.54) is 33.5 Å². The quantitative estimate of drug-likeness (QED) is 0.754. The maximum atomic E-state index is 12.4. The minimum absolute atomic E-state index is 0.0902. The first-order valence-corrected chi connectivity index (χ1v) is 8.13. The largest absolute Gasteiger partial charge is 0.493 e. The third-order valence-corrected chi connectivity index (χ3v) is 4.38. The normalized spacial score (nSPS) is 11.0. The predicted octanol–water partition coefficient (Wildman–Crippen LogP) is 2.79. The van der Waals surface area contributed by atoms with Crippen molar-refractivity contribution in [3.63, 3.8) is 0 Å². The zero-order valence-corrected chi connectivity index (χ0v) is 14.1. The molecule has 0 fully saturated rings. The van der Waals surface area contributed by atoms with E-state index >= 15 is 0 Å². The highest BCUT2D eigenvalue weighted by Gasteiger charge is 2.23. The van der Waals surface area contributed by atoms with Crippen LogP contribution in [-0.2, 0) is 10.1 Å². The smallest absolute Gasteiger partial charge is 0.339 e. The summed E-state index contributed by atoms with van der Waals surface area (Å²) in [5.41, 5.74) is 1.00. The Hall–Kier alpha value is -2.41. The standard InChI is InChI=1S/C16H18O6S/c1-11-5-7-12(8-6-11)22-23(17,18)13-9-14(19-2)16(21-4)15(10-13)20-3/h5-10H,1-4H3. The van der Waals surface area contributed by atoms with Crippen molar-refractivity contribution in [3.8, 4) is 23.0 Å². The molecule has 0 atom stereocenters. The summed E-state index contributed by atoms with van der Waals surface area (Å²) in [6.45, 7) is 1.90. The Kier molecular flexibility index (Phi) is 5.00. The van der Waals surface area contributed by atoms with Crippen LogP contribution in [0.2, 0.25) is 0 Å². The molecule has 0 amide bonds. The number of aryl methyl sites for hydroxylation is 1. The Bertz CT molecular complexity index is 756. The SMILES string of the molecule is COc1cc(S(=O)(=O)Oc2ccc(C)cc2)cc(OC)c1OC. The van der Waals surface area contributed by atoms with E-state index in [4.69, 9.17) is 18.4 Å². The molecule has 0 N–H and O–H groups in total. The zero-order valence-electron chi connectivity index (χ0n) is 13.3. The second-order valence-electron chi connectivity index (χ2n) is 4.71. The molecule has 0 saturated carbocycles. The molecule has 0 radical (unpaired) electrons. The van der Waals surface area contributed by atoms with Gasteiger partial charge in [0.2, 0.25) is 5.75 Å². The van der Waals surface area contributed by atoms with Crippen LogP contribution in [0.1, 0.15) is 5.56 Å². The lowest BCUT2D eigenvalue weighted by atomic mass is 10.2. The van der Waals surface area contributed by atoms with Crippen molar-refractivity contribution in [3.05, 3.63) is 42.0 Å². The van der Waals surface area contributed by atoms with Crippen LogP contribution in [0.25, 0.3) is 0 Å². The molecular formula is C16H18O6S. The molecule has 2 rings (SSSR count). The van der Waals surface area contributed by atoms with E-state index in [9.17, 15) is 8.42 Å². The highest BCUT2D eigenvalue weighted by atomic mass is 32.2. The summed E-state index contributed by atoms with van der Waals surface area (Å²) >= 11 is 0. The van der Waals surface area contributed by atoms with Gasteiger partial charge in [-0.25, -0.2) is 0 Å². The number of ether oxygens (including phenoxy) is 3. The molecule has 0 aliphatic carbocycles. The lowest BCUT2D eigenvalue weighted by Gasteiger charge is -2.14. The Morgan fingerprint density at radius 1 is 0.826 bits per heavy atom. The number of rotatable bonds is 6. The molecule has 0 aliphatic heterocycles. The maximum absolute atomic E-state index is 12.4. The highest BCUT2D eigenvalue weighted by molar-refractivity contribution is 7.87. The van der Waals surface area contributed by atoms with E-state index in [0.29, 0.717) is 5.75 Å². The van der Waals surface area contributed by atoms with E-state index in [1.54, 1.807) is 24.3 Å². The van der Waals surface area contributed by atoms with Gasteiger partial charge in [0.1, 0.15) is 10.6 Å². The molecule has 0 aromatic heterocycles. The lowest BCUT2D eigenvalue weighted by molar-refractivity contribution is 0.322. The van der Waals surface area contributed by atoms with Crippen LogP contribution in [0.15, 0.2) is 41.3 Å². The van der Waals surface area contributed by atoms with Crippen LogP contribution in [0.4, 0.5) is 0 Å². The molecule has 0 bridgehead atoms. The molecule has 124 valence electrons. The van der Waals surface area contributed by atoms with Gasteiger partial charge in [-0.2, -0.15) is 8.42 Å². The number of benzene rings is 2. The van der Waals surface area contributed by atoms with E-state index in [0.717, 1.165) is 5.56 Å². The Morgan fingerprint density at radius 3 is 1.78 bits per heavy atom. The van der Waals surface area contributed by atoms with Gasteiger partial charge >= 0.3 is 10.1 Å². The van der Waals surface area contributed by atoms with Crippen molar-refractivity contribution < 1.29 is 26.8 Å². The van der Waals surface area contributed by atoms with Crippen molar-refractivity contribution >= 4 is 10.1 Å². The molecule has 0 aliphatic rings. The Balaban J connectivity index is 2.44. The van der Waals surface area contributed by atoms with E-state index in [2.05, 4.69) is 0 Å². The van der Waals surface area contributed by atoms with Gasteiger partial charge in [-0.1, -0.05) is 17.7 Å². The zero-order chi connectivity index (χ0) is 17.0. The van der Waals surface area contributed by atoms with Gasteiger partial charge in [0.05, 0.1) is 21.3 Å². The summed E-state index contributed by atoms with van der Waals surface area (Å²) in [5, 5.41) is 0. The Morgan fingerprint density at radius 2 is 1.35 bits per heavy atom. The van der Waals surface area contributed by atoms with Crippen LogP contribution >= 0.6 is 0 Å². The van der Waals surface area contributed by atoms with E-state index in [1.807, 2.05) is 6.92 Å². The third kappa shape index (κ3) is 3.68. The number of methoxy groups -OCH3 is 3. The fourth-order valence-corrected chi connectivity index (χ4v) is 2.93. The first kappa shape index (κ1) is 17.0. The summed E-state index contributed by atoms with van der Waals surface area (Å²) in [6, 6.07) is 9.35. The topological polar surface area (TPSA) is 71.1 Å². The maximum Gasteiger partial charge on any atom is 0.339 e. The molecule has 0 heterocycles. The average Bonchev–Trinajstić information content (AvgIpc) is 2.55. The Labute approximate surface area is 135 Å². The van der Waals surface area contributed by atoms with Crippen molar-refractivity contribution in [1.82, 2.24) is 0 Å². The fraction of sp³-hybridized carbons (Fsp3) is 0.250. The van der Waals surface area contributed by atoms with Crippen molar-refractivity contribution in [2.75, 3.05) is 21.3 Å². The van der Waals surface area contributed by atoms with E-state index in [-0.39, 0.29) is 22.1 Å². The van der Waals surface area contributed by atoms with Gasteiger partial charge in [0, 0.05) is 12.1 Å². The minimum Gasteiger partial charge on any atom is -0.493 e. The van der Waals surface area contributed by atoms with Crippen LogP contribution in [0.3, 0.4) is 0 Å². The molecule has 0 saturated heterocycles. The molecular weight excluding hydrogens is 320 g/mol. The second kappa shape index (κ2) is 6.78. The van der Waals surface area contributed by atoms with Crippen LogP contribution in [0.5, 0.6) is 23.0 Å². The summed E-state index contributed by atoms with van der Waals surface area (Å²) in [5.74, 6) is 1.00. The average molecular weight is 338 g/mol. The molecule has 2 aromatic rings. The first-order chi connectivity index (χ1) is 10.9. The number of hydrogen-bond donors (Lipinski definition) is 0. The molecule has 0 spiro atoms. The van der Waals surface area contributed by atoms with E-state index < -0.39 is 10.1 Å². The van der Waals surface area contributed by atoms with Gasteiger partial charge in [-0.15, -0.1) is 0 Å². The van der Waals surface area contributed by atoms with Gasteiger partial charge in [0.25, 0.3) is 0 Å². The molecule has 2 aromatic carbocycles. The fourth-order valence-electron chi connectivity index (χ4n) is 1.97. The molecule has 7 heteroatoms. The minimum atomic E-state index is -4.03. The number of hydrogen-bond acceptors (Lipinski definition) is 6. The molecule has 6 nitrogen and oxygen atoms in total.